The smallest absolute Gasteiger partial charge is 0.124 e. The van der Waals surface area contributed by atoms with Crippen molar-refractivity contribution in [3.05, 3.63) is 47.8 Å². The van der Waals surface area contributed by atoms with E-state index in [4.69, 9.17) is 10.5 Å². The van der Waals surface area contributed by atoms with Gasteiger partial charge in [-0.2, -0.15) is 5.10 Å². The second kappa shape index (κ2) is 5.53. The molecule has 2 heterocycles. The summed E-state index contributed by atoms with van der Waals surface area (Å²) >= 11 is 0. The normalized spacial score (nSPS) is 22.4. The molecule has 1 aliphatic rings. The van der Waals surface area contributed by atoms with E-state index >= 15 is 0 Å². The number of para-hydroxylation sites is 1. The Morgan fingerprint density at radius 3 is 3.00 bits per heavy atom. The first-order valence-corrected chi connectivity index (χ1v) is 7.67. The fraction of sp³-hybridized carbons (Fsp3) is 0.471. The molecular weight excluding hydrogens is 262 g/mol. The highest BCUT2D eigenvalue weighted by molar-refractivity contribution is 5.41. The number of aromatic nitrogens is 2. The molecule has 0 fully saturated rings. The topological polar surface area (TPSA) is 53.1 Å². The van der Waals surface area contributed by atoms with Crippen molar-refractivity contribution in [1.29, 1.82) is 0 Å². The molecule has 1 aliphatic heterocycles. The molecule has 4 nitrogen and oxygen atoms in total. The van der Waals surface area contributed by atoms with Gasteiger partial charge in [0.15, 0.2) is 0 Å². The molecule has 0 radical (unpaired) electrons. The standard InChI is InChI=1S/C17H23N3O/c1-3-13(2)20-10-8-14(19-20)12-17(18)9-11-21-16-7-5-4-6-15(16)17/h4-8,10,13H,3,9,11-12,18H2,1-2H3. The maximum atomic E-state index is 6.69. The van der Waals surface area contributed by atoms with E-state index in [1.54, 1.807) is 0 Å². The van der Waals surface area contributed by atoms with Crippen LogP contribution in [-0.2, 0) is 12.0 Å². The average Bonchev–Trinajstić information content (AvgIpc) is 2.95. The molecule has 0 amide bonds. The highest BCUT2D eigenvalue weighted by Gasteiger charge is 2.34. The Hall–Kier alpha value is -1.81. The van der Waals surface area contributed by atoms with Crippen molar-refractivity contribution in [2.24, 2.45) is 5.73 Å². The van der Waals surface area contributed by atoms with Crippen LogP contribution in [0.25, 0.3) is 0 Å². The van der Waals surface area contributed by atoms with Crippen LogP contribution >= 0.6 is 0 Å². The van der Waals surface area contributed by atoms with Crippen molar-refractivity contribution in [2.45, 2.75) is 44.7 Å². The van der Waals surface area contributed by atoms with Crippen molar-refractivity contribution in [3.63, 3.8) is 0 Å². The van der Waals surface area contributed by atoms with E-state index in [9.17, 15) is 0 Å². The second-order valence-corrected chi connectivity index (χ2v) is 5.97. The Balaban J connectivity index is 1.86. The quantitative estimate of drug-likeness (QED) is 0.939. The summed E-state index contributed by atoms with van der Waals surface area (Å²) in [4.78, 5) is 0. The van der Waals surface area contributed by atoms with Crippen molar-refractivity contribution >= 4 is 0 Å². The highest BCUT2D eigenvalue weighted by Crippen LogP contribution is 2.37. The minimum absolute atomic E-state index is 0.385. The summed E-state index contributed by atoms with van der Waals surface area (Å²) in [5.41, 5.74) is 8.45. The third kappa shape index (κ3) is 2.68. The van der Waals surface area contributed by atoms with E-state index in [0.717, 1.165) is 36.3 Å². The van der Waals surface area contributed by atoms with E-state index in [2.05, 4.69) is 37.3 Å². The van der Waals surface area contributed by atoms with E-state index in [1.165, 1.54) is 0 Å². The molecule has 3 rings (SSSR count). The lowest BCUT2D eigenvalue weighted by Gasteiger charge is -2.35. The predicted molar refractivity (Wildman–Crippen MR) is 83.4 cm³/mol. The van der Waals surface area contributed by atoms with E-state index in [0.29, 0.717) is 12.6 Å². The van der Waals surface area contributed by atoms with Crippen LogP contribution in [0.1, 0.15) is 44.0 Å². The average molecular weight is 285 g/mol. The van der Waals surface area contributed by atoms with Gasteiger partial charge in [0.2, 0.25) is 0 Å². The molecule has 4 heteroatoms. The number of rotatable bonds is 4. The largest absolute Gasteiger partial charge is 0.493 e. The van der Waals surface area contributed by atoms with Gasteiger partial charge in [-0.1, -0.05) is 25.1 Å². The van der Waals surface area contributed by atoms with Crippen LogP contribution in [0.5, 0.6) is 5.75 Å². The van der Waals surface area contributed by atoms with E-state index in [-0.39, 0.29) is 5.54 Å². The fourth-order valence-electron chi connectivity index (χ4n) is 2.89. The summed E-state index contributed by atoms with van der Waals surface area (Å²) in [6, 6.07) is 10.6. The van der Waals surface area contributed by atoms with Crippen molar-refractivity contribution < 1.29 is 4.74 Å². The SMILES string of the molecule is CCC(C)n1ccc(CC2(N)CCOc3ccccc32)n1. The molecule has 112 valence electrons. The zero-order valence-electron chi connectivity index (χ0n) is 12.7. The first-order valence-electron chi connectivity index (χ1n) is 7.67. The molecule has 0 spiro atoms. The van der Waals surface area contributed by atoms with Gasteiger partial charge >= 0.3 is 0 Å². The van der Waals surface area contributed by atoms with Gasteiger partial charge in [0.25, 0.3) is 0 Å². The van der Waals surface area contributed by atoms with Crippen molar-refractivity contribution in [2.75, 3.05) is 6.61 Å². The Labute approximate surface area is 125 Å². The molecule has 0 aliphatic carbocycles. The zero-order valence-corrected chi connectivity index (χ0v) is 12.7. The van der Waals surface area contributed by atoms with Gasteiger partial charge < -0.3 is 10.5 Å². The van der Waals surface area contributed by atoms with Crippen LogP contribution < -0.4 is 10.5 Å². The van der Waals surface area contributed by atoms with Gasteiger partial charge in [0.1, 0.15) is 5.75 Å². The van der Waals surface area contributed by atoms with Gasteiger partial charge in [-0.3, -0.25) is 4.68 Å². The predicted octanol–water partition coefficient (Wildman–Crippen LogP) is 3.03. The van der Waals surface area contributed by atoms with Crippen molar-refractivity contribution in [3.8, 4) is 5.75 Å². The third-order valence-corrected chi connectivity index (χ3v) is 4.43. The molecule has 2 atom stereocenters. The maximum Gasteiger partial charge on any atom is 0.124 e. The number of benzene rings is 1. The monoisotopic (exact) mass is 285 g/mol. The van der Waals surface area contributed by atoms with Crippen LogP contribution in [-0.4, -0.2) is 16.4 Å². The van der Waals surface area contributed by atoms with Gasteiger partial charge in [0, 0.05) is 30.6 Å². The molecule has 1 aromatic carbocycles. The van der Waals surface area contributed by atoms with Gasteiger partial charge in [-0.05, 0) is 25.5 Å². The lowest BCUT2D eigenvalue weighted by molar-refractivity contribution is 0.214. The van der Waals surface area contributed by atoms with Crippen LogP contribution in [0.4, 0.5) is 0 Å². The van der Waals surface area contributed by atoms with Crippen LogP contribution in [0.3, 0.4) is 0 Å². The van der Waals surface area contributed by atoms with Crippen LogP contribution in [0.2, 0.25) is 0 Å². The minimum Gasteiger partial charge on any atom is -0.493 e. The summed E-state index contributed by atoms with van der Waals surface area (Å²) in [5, 5.41) is 4.69. The number of hydrogen-bond acceptors (Lipinski definition) is 3. The van der Waals surface area contributed by atoms with E-state index in [1.807, 2.05) is 22.9 Å². The second-order valence-electron chi connectivity index (χ2n) is 5.97. The maximum absolute atomic E-state index is 6.69. The minimum atomic E-state index is -0.385. The molecule has 1 aromatic heterocycles. The number of nitrogens with zero attached hydrogens (tertiary/aromatic N) is 2. The molecule has 2 N–H and O–H groups in total. The Bertz CT molecular complexity index is 622. The molecule has 2 aromatic rings. The molecular formula is C17H23N3O. The molecule has 21 heavy (non-hydrogen) atoms. The lowest BCUT2D eigenvalue weighted by atomic mass is 9.82. The Kier molecular flexibility index (Phi) is 3.72. The summed E-state index contributed by atoms with van der Waals surface area (Å²) in [7, 11) is 0. The number of fused-ring (bicyclic) bond motifs is 1. The highest BCUT2D eigenvalue weighted by atomic mass is 16.5. The van der Waals surface area contributed by atoms with Gasteiger partial charge in [-0.25, -0.2) is 0 Å². The third-order valence-electron chi connectivity index (χ3n) is 4.43. The first kappa shape index (κ1) is 14.1. The molecule has 2 unspecified atom stereocenters. The summed E-state index contributed by atoms with van der Waals surface area (Å²) < 4.78 is 7.74. The van der Waals surface area contributed by atoms with E-state index < -0.39 is 0 Å². The molecule has 0 bridgehead atoms. The number of hydrogen-bond donors (Lipinski definition) is 1. The molecule has 0 saturated heterocycles. The van der Waals surface area contributed by atoms with Gasteiger partial charge in [0.05, 0.1) is 17.8 Å². The molecule has 0 saturated carbocycles. The van der Waals surface area contributed by atoms with Crippen LogP contribution in [0, 0.1) is 0 Å². The summed E-state index contributed by atoms with van der Waals surface area (Å²) in [6.07, 6.45) is 4.70. The Morgan fingerprint density at radius 2 is 2.19 bits per heavy atom. The Morgan fingerprint density at radius 1 is 1.38 bits per heavy atom. The summed E-state index contributed by atoms with van der Waals surface area (Å²) in [6.45, 7) is 5.02. The number of nitrogens with two attached hydrogens (primary N) is 1. The zero-order chi connectivity index (χ0) is 14.9. The first-order chi connectivity index (χ1) is 10.1. The lowest BCUT2D eigenvalue weighted by Crippen LogP contribution is -2.43. The van der Waals surface area contributed by atoms with Crippen LogP contribution in [0.15, 0.2) is 36.5 Å². The van der Waals surface area contributed by atoms with Gasteiger partial charge in [-0.15, -0.1) is 0 Å². The summed E-state index contributed by atoms with van der Waals surface area (Å²) in [5.74, 6) is 0.910. The van der Waals surface area contributed by atoms with Crippen molar-refractivity contribution in [1.82, 2.24) is 9.78 Å². The fourth-order valence-corrected chi connectivity index (χ4v) is 2.89. The number of ether oxygens (including phenoxy) is 1.